The van der Waals surface area contributed by atoms with E-state index in [9.17, 15) is 4.39 Å². The van der Waals surface area contributed by atoms with Gasteiger partial charge in [0, 0.05) is 12.0 Å². The normalized spacial score (nSPS) is 12.5. The average molecular weight is 352 g/mol. The van der Waals surface area contributed by atoms with Gasteiger partial charge in [0.1, 0.15) is 22.1 Å². The van der Waals surface area contributed by atoms with Crippen LogP contribution in [0, 0.1) is 12.7 Å². The molecule has 0 aliphatic rings. The third-order valence-electron chi connectivity index (χ3n) is 3.29. The van der Waals surface area contributed by atoms with Crippen LogP contribution in [0.2, 0.25) is 0 Å². The van der Waals surface area contributed by atoms with E-state index in [-0.39, 0.29) is 17.8 Å². The van der Waals surface area contributed by atoms with Gasteiger partial charge in [-0.3, -0.25) is 0 Å². The highest BCUT2D eigenvalue weighted by Gasteiger charge is 2.11. The van der Waals surface area contributed by atoms with E-state index in [0.717, 1.165) is 21.8 Å². The topological polar surface area (TPSA) is 37.8 Å². The molecule has 0 bridgehead atoms. The fraction of sp³-hybridized carbons (Fsp3) is 0.375. The summed E-state index contributed by atoms with van der Waals surface area (Å²) in [5.41, 5.74) is 1.54. The van der Waals surface area contributed by atoms with Gasteiger partial charge in [0.2, 0.25) is 0 Å². The predicted octanol–water partition coefficient (Wildman–Crippen LogP) is 4.98. The van der Waals surface area contributed by atoms with Crippen molar-refractivity contribution in [2.75, 3.05) is 5.32 Å². The molecule has 0 aliphatic carbocycles. The molecule has 1 heterocycles. The first-order valence-electron chi connectivity index (χ1n) is 6.94. The number of aryl methyl sites for hydroxylation is 1. The molecule has 1 atom stereocenters. The first kappa shape index (κ1) is 15.9. The van der Waals surface area contributed by atoms with Gasteiger partial charge in [-0.05, 0) is 47.0 Å². The highest BCUT2D eigenvalue weighted by molar-refractivity contribution is 9.10. The van der Waals surface area contributed by atoms with E-state index in [4.69, 9.17) is 0 Å². The molecule has 21 heavy (non-hydrogen) atoms. The predicted molar refractivity (Wildman–Crippen MR) is 87.0 cm³/mol. The van der Waals surface area contributed by atoms with Gasteiger partial charge < -0.3 is 5.32 Å². The van der Waals surface area contributed by atoms with Crippen LogP contribution in [0.1, 0.15) is 49.7 Å². The standard InChI is InChI=1S/C16H19BrFN3/c1-9(2)16-20-14(17)8-15(21-16)19-11(4)12-6-5-10(3)13(18)7-12/h5-9,11H,1-4H3,(H,19,20,21). The Balaban J connectivity index is 2.22. The smallest absolute Gasteiger partial charge is 0.134 e. The van der Waals surface area contributed by atoms with Crippen LogP contribution in [0.15, 0.2) is 28.9 Å². The molecule has 0 saturated carbocycles. The Bertz CT molecular complexity index is 643. The molecular formula is C16H19BrFN3. The molecule has 0 fully saturated rings. The average Bonchev–Trinajstić information content (AvgIpc) is 2.41. The van der Waals surface area contributed by atoms with Crippen LogP contribution in [0.25, 0.3) is 0 Å². The highest BCUT2D eigenvalue weighted by Crippen LogP contribution is 2.23. The van der Waals surface area contributed by atoms with E-state index in [0.29, 0.717) is 5.56 Å². The quantitative estimate of drug-likeness (QED) is 0.789. The molecular weight excluding hydrogens is 333 g/mol. The summed E-state index contributed by atoms with van der Waals surface area (Å²) in [6.07, 6.45) is 0. The Labute approximate surface area is 133 Å². The van der Waals surface area contributed by atoms with Crippen LogP contribution in [-0.2, 0) is 0 Å². The summed E-state index contributed by atoms with van der Waals surface area (Å²) in [7, 11) is 0. The number of nitrogens with one attached hydrogen (secondary N) is 1. The monoisotopic (exact) mass is 351 g/mol. The minimum absolute atomic E-state index is 0.0399. The summed E-state index contributed by atoms with van der Waals surface area (Å²) in [6.45, 7) is 7.83. The fourth-order valence-electron chi connectivity index (χ4n) is 1.95. The summed E-state index contributed by atoms with van der Waals surface area (Å²) in [6, 6.07) is 7.06. The maximum atomic E-state index is 13.7. The van der Waals surface area contributed by atoms with Crippen molar-refractivity contribution in [1.82, 2.24) is 9.97 Å². The minimum atomic E-state index is -0.187. The van der Waals surface area contributed by atoms with Crippen LogP contribution in [-0.4, -0.2) is 9.97 Å². The number of halogens is 2. The SMILES string of the molecule is Cc1ccc(C(C)Nc2cc(Br)nc(C(C)C)n2)cc1F. The van der Waals surface area contributed by atoms with Gasteiger partial charge in [-0.25, -0.2) is 14.4 Å². The van der Waals surface area contributed by atoms with Crippen molar-refractivity contribution in [3.05, 3.63) is 51.6 Å². The summed E-state index contributed by atoms with van der Waals surface area (Å²) in [5.74, 6) is 1.56. The number of anilines is 1. The Morgan fingerprint density at radius 3 is 2.48 bits per heavy atom. The molecule has 5 heteroatoms. The number of rotatable bonds is 4. The second-order valence-electron chi connectivity index (χ2n) is 5.46. The molecule has 0 spiro atoms. The van der Waals surface area contributed by atoms with Crippen LogP contribution in [0.3, 0.4) is 0 Å². The molecule has 2 rings (SSSR count). The zero-order chi connectivity index (χ0) is 15.6. The van der Waals surface area contributed by atoms with Gasteiger partial charge in [0.05, 0.1) is 6.04 Å². The van der Waals surface area contributed by atoms with Gasteiger partial charge in [0.15, 0.2) is 0 Å². The van der Waals surface area contributed by atoms with E-state index in [1.165, 1.54) is 0 Å². The second kappa shape index (κ2) is 6.52. The number of hydrogen-bond acceptors (Lipinski definition) is 3. The van der Waals surface area contributed by atoms with E-state index < -0.39 is 0 Å². The van der Waals surface area contributed by atoms with Crippen molar-refractivity contribution < 1.29 is 4.39 Å². The first-order valence-corrected chi connectivity index (χ1v) is 7.73. The Hall–Kier alpha value is -1.49. The molecule has 2 aromatic rings. The number of hydrogen-bond donors (Lipinski definition) is 1. The Morgan fingerprint density at radius 1 is 1.14 bits per heavy atom. The Kier molecular flexibility index (Phi) is 4.93. The van der Waals surface area contributed by atoms with Gasteiger partial charge in [-0.2, -0.15) is 0 Å². The molecule has 1 aromatic heterocycles. The molecule has 1 aromatic carbocycles. The molecule has 0 aliphatic heterocycles. The lowest BCUT2D eigenvalue weighted by Gasteiger charge is -2.17. The van der Waals surface area contributed by atoms with Crippen LogP contribution >= 0.6 is 15.9 Å². The summed E-state index contributed by atoms with van der Waals surface area (Å²) >= 11 is 3.40. The molecule has 1 unspecified atom stereocenters. The lowest BCUT2D eigenvalue weighted by molar-refractivity contribution is 0.614. The molecule has 0 radical (unpaired) electrons. The van der Waals surface area contributed by atoms with Gasteiger partial charge in [-0.15, -0.1) is 0 Å². The molecule has 0 saturated heterocycles. The van der Waals surface area contributed by atoms with E-state index in [2.05, 4.69) is 31.2 Å². The van der Waals surface area contributed by atoms with Crippen molar-refractivity contribution >= 4 is 21.7 Å². The van der Waals surface area contributed by atoms with Crippen molar-refractivity contribution in [3.63, 3.8) is 0 Å². The third-order valence-corrected chi connectivity index (χ3v) is 3.70. The summed E-state index contributed by atoms with van der Waals surface area (Å²) in [4.78, 5) is 8.84. The van der Waals surface area contributed by atoms with Crippen molar-refractivity contribution in [2.45, 2.75) is 39.7 Å². The van der Waals surface area contributed by atoms with E-state index in [1.54, 1.807) is 19.1 Å². The van der Waals surface area contributed by atoms with Crippen LogP contribution < -0.4 is 5.32 Å². The molecule has 112 valence electrons. The zero-order valence-electron chi connectivity index (χ0n) is 12.6. The molecule has 0 amide bonds. The lowest BCUT2D eigenvalue weighted by Crippen LogP contribution is -2.10. The van der Waals surface area contributed by atoms with Crippen LogP contribution in [0.5, 0.6) is 0 Å². The largest absolute Gasteiger partial charge is 0.363 e. The van der Waals surface area contributed by atoms with Crippen molar-refractivity contribution in [2.24, 2.45) is 0 Å². The maximum absolute atomic E-state index is 13.7. The van der Waals surface area contributed by atoms with Crippen LogP contribution in [0.4, 0.5) is 10.2 Å². The second-order valence-corrected chi connectivity index (χ2v) is 6.28. The highest BCUT2D eigenvalue weighted by atomic mass is 79.9. The lowest BCUT2D eigenvalue weighted by atomic mass is 10.1. The maximum Gasteiger partial charge on any atom is 0.134 e. The van der Waals surface area contributed by atoms with Gasteiger partial charge >= 0.3 is 0 Å². The molecule has 3 nitrogen and oxygen atoms in total. The van der Waals surface area contributed by atoms with E-state index in [1.807, 2.05) is 32.9 Å². The minimum Gasteiger partial charge on any atom is -0.363 e. The number of benzene rings is 1. The summed E-state index contributed by atoms with van der Waals surface area (Å²) in [5, 5.41) is 3.29. The van der Waals surface area contributed by atoms with Crippen molar-refractivity contribution in [1.29, 1.82) is 0 Å². The van der Waals surface area contributed by atoms with Gasteiger partial charge in [0.25, 0.3) is 0 Å². The third kappa shape index (κ3) is 4.00. The van der Waals surface area contributed by atoms with E-state index >= 15 is 0 Å². The summed E-state index contributed by atoms with van der Waals surface area (Å²) < 4.78 is 14.4. The first-order chi connectivity index (χ1) is 9.86. The van der Waals surface area contributed by atoms with Crippen molar-refractivity contribution in [3.8, 4) is 0 Å². The zero-order valence-corrected chi connectivity index (χ0v) is 14.2. The van der Waals surface area contributed by atoms with Gasteiger partial charge in [-0.1, -0.05) is 26.0 Å². The number of nitrogens with zero attached hydrogens (tertiary/aromatic N) is 2. The number of aromatic nitrogens is 2. The Morgan fingerprint density at radius 2 is 1.86 bits per heavy atom. The molecule has 1 N–H and O–H groups in total. The fourth-order valence-corrected chi connectivity index (χ4v) is 2.35.